The Bertz CT molecular complexity index is 1230. The highest BCUT2D eigenvalue weighted by atomic mass is 16.5. The molecule has 0 amide bonds. The SMILES string of the molecule is COC1C=C(N2CCC(N3CCN(C)CC3)CC2)C=CC1c1nc2nccc(NC3CC4C=CC3C4)c2[nH]1. The topological polar surface area (TPSA) is 72.6 Å². The number of methoxy groups -OCH3 is 1. The summed E-state index contributed by atoms with van der Waals surface area (Å²) in [6.45, 7) is 7.02. The van der Waals surface area contributed by atoms with Crippen molar-refractivity contribution in [3.05, 3.63) is 54.2 Å². The zero-order valence-corrected chi connectivity index (χ0v) is 22.7. The molecule has 0 aromatic carbocycles. The van der Waals surface area contributed by atoms with E-state index in [4.69, 9.17) is 9.72 Å². The van der Waals surface area contributed by atoms with E-state index in [1.807, 2.05) is 6.20 Å². The zero-order valence-electron chi connectivity index (χ0n) is 22.7. The Balaban J connectivity index is 1.03. The first kappa shape index (κ1) is 24.4. The van der Waals surface area contributed by atoms with Crippen molar-refractivity contribution in [1.29, 1.82) is 0 Å². The molecule has 5 unspecified atom stereocenters. The molecule has 3 aliphatic carbocycles. The van der Waals surface area contributed by atoms with E-state index in [9.17, 15) is 0 Å². The van der Waals surface area contributed by atoms with Gasteiger partial charge in [-0.2, -0.15) is 0 Å². The van der Waals surface area contributed by atoms with Gasteiger partial charge < -0.3 is 24.8 Å². The Morgan fingerprint density at radius 3 is 2.61 bits per heavy atom. The summed E-state index contributed by atoms with van der Waals surface area (Å²) >= 11 is 0. The van der Waals surface area contributed by atoms with Gasteiger partial charge in [0.15, 0.2) is 5.65 Å². The number of fused-ring (bicyclic) bond motifs is 3. The number of imidazole rings is 1. The van der Waals surface area contributed by atoms with Gasteiger partial charge in [0, 0.05) is 70.4 Å². The Hall–Kier alpha value is -2.68. The normalized spacial score (nSPS) is 32.4. The standard InChI is InChI=1S/C30H41N7O/c1-35-13-15-37(16-14-35)22-8-11-36(12-9-22)23-5-6-24(27(19-23)38-2)29-33-28-25(7-10-31-30(28)34-29)32-26-18-20-3-4-21(26)17-20/h3-7,10,19-22,24,26-27H,8-9,11-18H2,1-2H3,(H2,31,32,33,34). The Labute approximate surface area is 225 Å². The van der Waals surface area contributed by atoms with Gasteiger partial charge >= 0.3 is 0 Å². The van der Waals surface area contributed by atoms with E-state index in [1.54, 1.807) is 7.11 Å². The third-order valence-corrected chi connectivity index (χ3v) is 9.67. The van der Waals surface area contributed by atoms with Gasteiger partial charge in [0.1, 0.15) is 11.3 Å². The second kappa shape index (κ2) is 10.1. The number of hydrogen-bond donors (Lipinski definition) is 2. The van der Waals surface area contributed by atoms with Crippen LogP contribution in [0.15, 0.2) is 48.3 Å². The van der Waals surface area contributed by atoms with Crippen molar-refractivity contribution in [3.8, 4) is 0 Å². The largest absolute Gasteiger partial charge is 0.380 e. The molecule has 7 rings (SSSR count). The van der Waals surface area contributed by atoms with Crippen LogP contribution in [0.3, 0.4) is 0 Å². The predicted molar refractivity (Wildman–Crippen MR) is 151 cm³/mol. The van der Waals surface area contributed by atoms with E-state index < -0.39 is 0 Å². The average molecular weight is 516 g/mol. The van der Waals surface area contributed by atoms with Crippen molar-refractivity contribution in [1.82, 2.24) is 29.7 Å². The first-order valence-electron chi connectivity index (χ1n) is 14.5. The number of piperazine rings is 1. The fraction of sp³-hybridized carbons (Fsp3) is 0.600. The first-order valence-corrected chi connectivity index (χ1v) is 14.5. The number of ether oxygens (including phenoxy) is 1. The lowest BCUT2D eigenvalue weighted by atomic mass is 9.93. The minimum Gasteiger partial charge on any atom is -0.380 e. The van der Waals surface area contributed by atoms with Crippen LogP contribution in [0, 0.1) is 11.8 Å². The van der Waals surface area contributed by atoms with Crippen molar-refractivity contribution >= 4 is 16.9 Å². The highest BCUT2D eigenvalue weighted by Crippen LogP contribution is 2.41. The van der Waals surface area contributed by atoms with Crippen LogP contribution in [0.25, 0.3) is 11.2 Å². The molecule has 2 saturated heterocycles. The smallest absolute Gasteiger partial charge is 0.179 e. The van der Waals surface area contributed by atoms with Crippen LogP contribution < -0.4 is 5.32 Å². The number of pyridine rings is 1. The summed E-state index contributed by atoms with van der Waals surface area (Å²) in [6, 6.07) is 3.30. The summed E-state index contributed by atoms with van der Waals surface area (Å²) < 4.78 is 6.00. The summed E-state index contributed by atoms with van der Waals surface area (Å²) in [7, 11) is 4.04. The summed E-state index contributed by atoms with van der Waals surface area (Å²) in [5.41, 5.74) is 4.16. The molecule has 8 nitrogen and oxygen atoms in total. The van der Waals surface area contributed by atoms with Gasteiger partial charge in [0.25, 0.3) is 0 Å². The number of hydrogen-bond acceptors (Lipinski definition) is 7. The van der Waals surface area contributed by atoms with Crippen molar-refractivity contribution in [2.75, 3.05) is 58.7 Å². The van der Waals surface area contributed by atoms with Crippen LogP contribution in [-0.4, -0.2) is 101 Å². The molecule has 3 fully saturated rings. The number of aromatic amines is 1. The van der Waals surface area contributed by atoms with Crippen LogP contribution in [0.1, 0.15) is 37.4 Å². The molecule has 8 heteroatoms. The van der Waals surface area contributed by atoms with E-state index in [0.717, 1.165) is 47.7 Å². The molecule has 2 aromatic heterocycles. The van der Waals surface area contributed by atoms with Crippen molar-refractivity contribution in [3.63, 3.8) is 0 Å². The van der Waals surface area contributed by atoms with Gasteiger partial charge in [-0.15, -0.1) is 0 Å². The number of likely N-dealkylation sites (N-methyl/N-ethyl adjacent to an activating group) is 1. The van der Waals surface area contributed by atoms with Crippen molar-refractivity contribution < 1.29 is 4.74 Å². The minimum atomic E-state index is -0.0574. The van der Waals surface area contributed by atoms with E-state index in [-0.39, 0.29) is 12.0 Å². The fourth-order valence-electron chi connectivity index (χ4n) is 7.34. The number of piperidine rings is 1. The summed E-state index contributed by atoms with van der Waals surface area (Å²) in [6.07, 6.45) is 18.4. The molecule has 38 heavy (non-hydrogen) atoms. The maximum absolute atomic E-state index is 6.00. The number of anilines is 1. The molecule has 2 aliphatic heterocycles. The van der Waals surface area contributed by atoms with Gasteiger partial charge in [-0.25, -0.2) is 9.97 Å². The van der Waals surface area contributed by atoms with Crippen LogP contribution in [0.2, 0.25) is 0 Å². The first-order chi connectivity index (χ1) is 18.6. The molecule has 5 atom stereocenters. The van der Waals surface area contributed by atoms with Gasteiger partial charge in [0.05, 0.1) is 17.7 Å². The highest BCUT2D eigenvalue weighted by molar-refractivity contribution is 5.85. The molecule has 202 valence electrons. The zero-order chi connectivity index (χ0) is 25.6. The molecule has 0 radical (unpaired) electrons. The third kappa shape index (κ3) is 4.56. The number of allylic oxidation sites excluding steroid dienone is 2. The number of nitrogens with zero attached hydrogens (tertiary/aromatic N) is 5. The number of aromatic nitrogens is 3. The molecule has 0 spiro atoms. The average Bonchev–Trinajstić information content (AvgIpc) is 3.70. The number of nitrogens with one attached hydrogen (secondary N) is 2. The Morgan fingerprint density at radius 2 is 1.87 bits per heavy atom. The van der Waals surface area contributed by atoms with E-state index in [0.29, 0.717) is 12.0 Å². The third-order valence-electron chi connectivity index (χ3n) is 9.67. The van der Waals surface area contributed by atoms with Gasteiger partial charge in [-0.3, -0.25) is 4.90 Å². The Kier molecular flexibility index (Phi) is 6.50. The molecule has 4 heterocycles. The quantitative estimate of drug-likeness (QED) is 0.570. The van der Waals surface area contributed by atoms with E-state index in [1.165, 1.54) is 57.6 Å². The van der Waals surface area contributed by atoms with Crippen molar-refractivity contribution in [2.24, 2.45) is 11.8 Å². The monoisotopic (exact) mass is 515 g/mol. The maximum atomic E-state index is 6.00. The predicted octanol–water partition coefficient (Wildman–Crippen LogP) is 3.60. The van der Waals surface area contributed by atoms with E-state index in [2.05, 4.69) is 73.5 Å². The van der Waals surface area contributed by atoms with Crippen LogP contribution in [-0.2, 0) is 4.74 Å². The number of H-pyrrole nitrogens is 1. The fourth-order valence-corrected chi connectivity index (χ4v) is 7.34. The number of likely N-dealkylation sites (tertiary alicyclic amines) is 1. The lowest BCUT2D eigenvalue weighted by molar-refractivity contribution is 0.0750. The summed E-state index contributed by atoms with van der Waals surface area (Å²) in [5.74, 6) is 2.33. The lowest BCUT2D eigenvalue weighted by Crippen LogP contribution is -2.52. The van der Waals surface area contributed by atoms with E-state index >= 15 is 0 Å². The molecule has 5 aliphatic rings. The summed E-state index contributed by atoms with van der Waals surface area (Å²) in [4.78, 5) is 20.8. The van der Waals surface area contributed by atoms with Crippen LogP contribution >= 0.6 is 0 Å². The van der Waals surface area contributed by atoms with Gasteiger partial charge in [-0.05, 0) is 62.8 Å². The highest BCUT2D eigenvalue weighted by Gasteiger charge is 2.36. The summed E-state index contributed by atoms with van der Waals surface area (Å²) in [5, 5.41) is 3.80. The second-order valence-corrected chi connectivity index (χ2v) is 11.9. The molecular formula is C30H41N7O. The number of rotatable bonds is 6. The van der Waals surface area contributed by atoms with Gasteiger partial charge in [0.2, 0.25) is 0 Å². The van der Waals surface area contributed by atoms with Crippen LogP contribution in [0.5, 0.6) is 0 Å². The molecule has 2 aromatic rings. The molecule has 2 N–H and O–H groups in total. The lowest BCUT2D eigenvalue weighted by Gasteiger charge is -2.43. The molecule has 2 bridgehead atoms. The van der Waals surface area contributed by atoms with Crippen molar-refractivity contribution in [2.45, 2.75) is 49.8 Å². The van der Waals surface area contributed by atoms with Crippen LogP contribution in [0.4, 0.5) is 5.69 Å². The van der Waals surface area contributed by atoms with Gasteiger partial charge in [-0.1, -0.05) is 18.2 Å². The second-order valence-electron chi connectivity index (χ2n) is 11.9. The molecular weight excluding hydrogens is 474 g/mol. The Morgan fingerprint density at radius 1 is 1.03 bits per heavy atom. The maximum Gasteiger partial charge on any atom is 0.179 e. The molecule has 1 saturated carbocycles. The minimum absolute atomic E-state index is 0.0408.